The highest BCUT2D eigenvalue weighted by Crippen LogP contribution is 2.39. The number of carbonyl (C=O) groups is 1. The van der Waals surface area contributed by atoms with Gasteiger partial charge in [-0.25, -0.2) is 0 Å². The molecule has 1 heterocycles. The largest absolute Gasteiger partial charge is 0.369 e. The second kappa shape index (κ2) is 3.47. The molecule has 1 atom stereocenters. The minimum atomic E-state index is -0.902. The highest BCUT2D eigenvalue weighted by atomic mass is 35.5. The lowest BCUT2D eigenvalue weighted by Crippen LogP contribution is -2.43. The zero-order chi connectivity index (χ0) is 12.1. The van der Waals surface area contributed by atoms with Crippen LogP contribution in [0.25, 0.3) is 0 Å². The molecule has 1 amide bonds. The second-order valence-electron chi connectivity index (χ2n) is 4.92. The highest BCUT2D eigenvalue weighted by molar-refractivity contribution is 6.34. The zero-order valence-corrected chi connectivity index (χ0v) is 10.2. The normalized spacial score (nSPS) is 20.2. The van der Waals surface area contributed by atoms with Crippen LogP contribution < -0.4 is 0 Å². The topological polar surface area (TPSA) is 40.5 Å². The van der Waals surface area contributed by atoms with Crippen LogP contribution >= 0.6 is 11.6 Å². The quantitative estimate of drug-likeness (QED) is 0.756. The molecule has 1 aliphatic heterocycles. The Labute approximate surface area is 99.6 Å². The number of aliphatic hydroxyl groups excluding tert-OH is 1. The number of carbonyl (C=O) groups excluding carboxylic acids is 1. The summed E-state index contributed by atoms with van der Waals surface area (Å²) in [5.41, 5.74) is 0.581. The summed E-state index contributed by atoms with van der Waals surface area (Å²) in [6.45, 7) is 5.65. The lowest BCUT2D eigenvalue weighted by molar-refractivity contribution is -0.0228. The Hall–Kier alpha value is -1.06. The molecule has 0 bridgehead atoms. The number of hydrogen-bond donors (Lipinski definition) is 1. The van der Waals surface area contributed by atoms with E-state index in [2.05, 4.69) is 0 Å². The molecule has 16 heavy (non-hydrogen) atoms. The molecule has 0 aromatic heterocycles. The third-order valence-corrected chi connectivity index (χ3v) is 3.04. The van der Waals surface area contributed by atoms with Crippen LogP contribution in [0.3, 0.4) is 0 Å². The van der Waals surface area contributed by atoms with Gasteiger partial charge in [0.15, 0.2) is 6.23 Å². The molecule has 0 aliphatic carbocycles. The fraction of sp³-hybridized carbons (Fsp3) is 0.417. The van der Waals surface area contributed by atoms with Gasteiger partial charge in [0.05, 0.1) is 10.6 Å². The molecule has 0 radical (unpaired) electrons. The van der Waals surface area contributed by atoms with Crippen molar-refractivity contribution in [3.63, 3.8) is 0 Å². The molecule has 0 spiro atoms. The molecule has 2 rings (SSSR count). The predicted molar refractivity (Wildman–Crippen MR) is 62.3 cm³/mol. The molecule has 86 valence electrons. The fourth-order valence-corrected chi connectivity index (χ4v) is 2.29. The number of benzene rings is 1. The van der Waals surface area contributed by atoms with Crippen molar-refractivity contribution >= 4 is 17.5 Å². The third kappa shape index (κ3) is 1.51. The van der Waals surface area contributed by atoms with E-state index >= 15 is 0 Å². The van der Waals surface area contributed by atoms with Crippen molar-refractivity contribution in [2.45, 2.75) is 32.5 Å². The molecule has 0 fully saturated rings. The summed E-state index contributed by atoms with van der Waals surface area (Å²) in [5.74, 6) is -0.208. The molecule has 1 aromatic carbocycles. The van der Waals surface area contributed by atoms with E-state index in [1.54, 1.807) is 18.2 Å². The molecule has 0 saturated heterocycles. The van der Waals surface area contributed by atoms with E-state index in [1.165, 1.54) is 4.90 Å². The van der Waals surface area contributed by atoms with Crippen LogP contribution in [0.4, 0.5) is 0 Å². The first-order valence-corrected chi connectivity index (χ1v) is 5.52. The molecular formula is C12H14ClNO2. The van der Waals surface area contributed by atoms with E-state index in [-0.39, 0.29) is 5.91 Å². The first-order valence-electron chi connectivity index (χ1n) is 5.14. The summed E-state index contributed by atoms with van der Waals surface area (Å²) in [6.07, 6.45) is -0.902. The van der Waals surface area contributed by atoms with Crippen molar-refractivity contribution in [3.05, 3.63) is 34.3 Å². The zero-order valence-electron chi connectivity index (χ0n) is 9.49. The van der Waals surface area contributed by atoms with E-state index in [4.69, 9.17) is 11.6 Å². The van der Waals surface area contributed by atoms with E-state index in [1.807, 2.05) is 20.8 Å². The van der Waals surface area contributed by atoms with Crippen molar-refractivity contribution in [1.82, 2.24) is 4.90 Å². The van der Waals surface area contributed by atoms with Gasteiger partial charge in [-0.05, 0) is 26.8 Å². The maximum absolute atomic E-state index is 12.2. The lowest BCUT2D eigenvalue weighted by Gasteiger charge is -2.34. The molecular weight excluding hydrogens is 226 g/mol. The number of aliphatic hydroxyl groups is 1. The van der Waals surface area contributed by atoms with Gasteiger partial charge >= 0.3 is 0 Å². The van der Waals surface area contributed by atoms with E-state index in [0.717, 1.165) is 0 Å². The predicted octanol–water partition coefficient (Wildman–Crippen LogP) is 2.59. The summed E-state index contributed by atoms with van der Waals surface area (Å²) >= 11 is 5.99. The van der Waals surface area contributed by atoms with Crippen LogP contribution in [-0.2, 0) is 0 Å². The van der Waals surface area contributed by atoms with Crippen LogP contribution in [0, 0.1) is 0 Å². The first kappa shape index (κ1) is 11.4. The standard InChI is InChI=1S/C12H14ClNO2/c1-12(2,3)14-10(15)7-5-4-6-8(13)9(7)11(14)16/h4-6,10,15H,1-3H3. The monoisotopic (exact) mass is 239 g/mol. The van der Waals surface area contributed by atoms with Crippen molar-refractivity contribution in [2.24, 2.45) is 0 Å². The number of hydrogen-bond acceptors (Lipinski definition) is 2. The van der Waals surface area contributed by atoms with Gasteiger partial charge in [-0.3, -0.25) is 4.79 Å². The van der Waals surface area contributed by atoms with Gasteiger partial charge in [0.2, 0.25) is 0 Å². The Kier molecular flexibility index (Phi) is 2.48. The Balaban J connectivity index is 2.57. The molecule has 1 aromatic rings. The minimum absolute atomic E-state index is 0.208. The maximum atomic E-state index is 12.2. The second-order valence-corrected chi connectivity index (χ2v) is 5.33. The SMILES string of the molecule is CC(C)(C)N1C(=O)c2c(Cl)cccc2C1O. The van der Waals surface area contributed by atoms with Crippen LogP contribution in [0.15, 0.2) is 18.2 Å². The Morgan fingerprint density at radius 2 is 2.00 bits per heavy atom. The number of amides is 1. The molecule has 1 aliphatic rings. The lowest BCUT2D eigenvalue weighted by atomic mass is 10.1. The number of rotatable bonds is 0. The van der Waals surface area contributed by atoms with E-state index < -0.39 is 11.8 Å². The third-order valence-electron chi connectivity index (χ3n) is 2.72. The molecule has 3 nitrogen and oxygen atoms in total. The van der Waals surface area contributed by atoms with Gasteiger partial charge < -0.3 is 10.0 Å². The smallest absolute Gasteiger partial charge is 0.258 e. The van der Waals surface area contributed by atoms with E-state index in [0.29, 0.717) is 16.1 Å². The van der Waals surface area contributed by atoms with Crippen molar-refractivity contribution in [1.29, 1.82) is 0 Å². The van der Waals surface area contributed by atoms with Gasteiger partial charge in [-0.2, -0.15) is 0 Å². The summed E-state index contributed by atoms with van der Waals surface area (Å²) in [4.78, 5) is 13.6. The summed E-state index contributed by atoms with van der Waals surface area (Å²) in [6, 6.07) is 5.14. The van der Waals surface area contributed by atoms with Crippen molar-refractivity contribution < 1.29 is 9.90 Å². The van der Waals surface area contributed by atoms with Crippen LogP contribution in [0.5, 0.6) is 0 Å². The Morgan fingerprint density at radius 3 is 2.50 bits per heavy atom. The Morgan fingerprint density at radius 1 is 1.38 bits per heavy atom. The number of nitrogens with zero attached hydrogens (tertiary/aromatic N) is 1. The number of halogens is 1. The average Bonchev–Trinajstić information content (AvgIpc) is 2.39. The summed E-state index contributed by atoms with van der Waals surface area (Å²) in [7, 11) is 0. The fourth-order valence-electron chi connectivity index (χ4n) is 2.02. The van der Waals surface area contributed by atoms with Gasteiger partial charge in [0.25, 0.3) is 5.91 Å². The Bertz CT molecular complexity index is 451. The number of fused-ring (bicyclic) bond motifs is 1. The van der Waals surface area contributed by atoms with Crippen LogP contribution in [0.2, 0.25) is 5.02 Å². The van der Waals surface area contributed by atoms with Crippen molar-refractivity contribution in [2.75, 3.05) is 0 Å². The average molecular weight is 240 g/mol. The minimum Gasteiger partial charge on any atom is -0.369 e. The highest BCUT2D eigenvalue weighted by Gasteiger charge is 2.42. The van der Waals surface area contributed by atoms with E-state index in [9.17, 15) is 9.90 Å². The van der Waals surface area contributed by atoms with Crippen molar-refractivity contribution in [3.8, 4) is 0 Å². The molecule has 1 N–H and O–H groups in total. The summed E-state index contributed by atoms with van der Waals surface area (Å²) < 4.78 is 0. The van der Waals surface area contributed by atoms with Gasteiger partial charge in [0, 0.05) is 11.1 Å². The molecule has 1 unspecified atom stereocenters. The molecule has 4 heteroatoms. The maximum Gasteiger partial charge on any atom is 0.258 e. The molecule has 0 saturated carbocycles. The van der Waals surface area contributed by atoms with Gasteiger partial charge in [-0.15, -0.1) is 0 Å². The van der Waals surface area contributed by atoms with Crippen LogP contribution in [0.1, 0.15) is 42.9 Å². The first-order chi connectivity index (χ1) is 7.34. The summed E-state index contributed by atoms with van der Waals surface area (Å²) in [5, 5.41) is 10.5. The van der Waals surface area contributed by atoms with Crippen LogP contribution in [-0.4, -0.2) is 21.5 Å². The van der Waals surface area contributed by atoms with Gasteiger partial charge in [0.1, 0.15) is 0 Å². The van der Waals surface area contributed by atoms with Gasteiger partial charge in [-0.1, -0.05) is 23.7 Å².